The predicted molar refractivity (Wildman–Crippen MR) is 51.3 cm³/mol. The molecule has 1 amide bonds. The molecule has 0 bridgehead atoms. The zero-order chi connectivity index (χ0) is 9.30. The summed E-state index contributed by atoms with van der Waals surface area (Å²) in [6.07, 6.45) is 1.74. The third-order valence-electron chi connectivity index (χ3n) is 1.60. The van der Waals surface area contributed by atoms with Crippen LogP contribution in [0.2, 0.25) is 0 Å². The lowest BCUT2D eigenvalue weighted by molar-refractivity contribution is -0.117. The van der Waals surface area contributed by atoms with Crippen molar-refractivity contribution in [3.05, 3.63) is 23.1 Å². The Morgan fingerprint density at radius 1 is 1.67 bits per heavy atom. The van der Waals surface area contributed by atoms with Gasteiger partial charge in [-0.1, -0.05) is 6.58 Å². The van der Waals surface area contributed by atoms with Crippen LogP contribution in [0.1, 0.15) is 13.8 Å². The predicted octanol–water partition coefficient (Wildman–Crippen LogP) is 1.53. The Hall–Kier alpha value is -0.770. The first kappa shape index (κ1) is 9.32. The van der Waals surface area contributed by atoms with E-state index in [0.717, 1.165) is 0 Å². The van der Waals surface area contributed by atoms with E-state index in [9.17, 15) is 4.79 Å². The molecule has 0 unspecified atom stereocenters. The molecule has 12 heavy (non-hydrogen) atoms. The number of nitrogens with one attached hydrogen (secondary N) is 1. The zero-order valence-electron chi connectivity index (χ0n) is 7.10. The van der Waals surface area contributed by atoms with Gasteiger partial charge in [-0.05, 0) is 29.8 Å². The molecule has 0 spiro atoms. The van der Waals surface area contributed by atoms with Crippen LogP contribution in [0.15, 0.2) is 23.1 Å². The molecule has 0 radical (unpaired) electrons. The number of halogens is 1. The van der Waals surface area contributed by atoms with E-state index in [4.69, 9.17) is 0 Å². The summed E-state index contributed by atoms with van der Waals surface area (Å²) in [5.74, 6) is 0.482. The number of rotatable bonds is 1. The van der Waals surface area contributed by atoms with Crippen LogP contribution in [0, 0.1) is 0 Å². The van der Waals surface area contributed by atoms with E-state index in [1.54, 1.807) is 6.20 Å². The largest absolute Gasteiger partial charge is 0.331 e. The summed E-state index contributed by atoms with van der Waals surface area (Å²) < 4.78 is 0.531. The molecule has 0 aromatic rings. The first-order valence-corrected chi connectivity index (χ1v) is 4.47. The summed E-state index contributed by atoms with van der Waals surface area (Å²) in [7, 11) is 0. The molecule has 3 nitrogen and oxygen atoms in total. The van der Waals surface area contributed by atoms with E-state index in [0.29, 0.717) is 16.3 Å². The van der Waals surface area contributed by atoms with E-state index in [-0.39, 0.29) is 5.91 Å². The topological polar surface area (TPSA) is 32.3 Å². The highest BCUT2D eigenvalue weighted by atomic mass is 79.9. The zero-order valence-corrected chi connectivity index (χ0v) is 8.68. The maximum absolute atomic E-state index is 11.1. The first-order chi connectivity index (χ1) is 5.52. The van der Waals surface area contributed by atoms with Gasteiger partial charge in [0.1, 0.15) is 5.82 Å². The van der Waals surface area contributed by atoms with Crippen molar-refractivity contribution in [1.82, 2.24) is 10.2 Å². The van der Waals surface area contributed by atoms with Crippen molar-refractivity contribution in [2.45, 2.75) is 19.9 Å². The maximum Gasteiger partial charge on any atom is 0.265 e. The highest BCUT2D eigenvalue weighted by Crippen LogP contribution is 2.17. The average molecular weight is 231 g/mol. The quantitative estimate of drug-likeness (QED) is 0.742. The summed E-state index contributed by atoms with van der Waals surface area (Å²) in [6, 6.07) is 0.297. The summed E-state index contributed by atoms with van der Waals surface area (Å²) in [5, 5.41) is 2.64. The van der Waals surface area contributed by atoms with Gasteiger partial charge < -0.3 is 10.2 Å². The second kappa shape index (κ2) is 3.31. The third kappa shape index (κ3) is 1.69. The van der Waals surface area contributed by atoms with Crippen molar-refractivity contribution in [1.29, 1.82) is 0 Å². The second-order valence-corrected chi connectivity index (χ2v) is 3.73. The van der Waals surface area contributed by atoms with Gasteiger partial charge in [-0.2, -0.15) is 0 Å². The van der Waals surface area contributed by atoms with Crippen LogP contribution in [0.4, 0.5) is 0 Å². The number of hydrogen-bond donors (Lipinski definition) is 1. The smallest absolute Gasteiger partial charge is 0.265 e. The molecule has 0 aliphatic carbocycles. The van der Waals surface area contributed by atoms with Crippen LogP contribution in [0.3, 0.4) is 0 Å². The van der Waals surface area contributed by atoms with Gasteiger partial charge in [0.25, 0.3) is 5.91 Å². The Bertz CT molecular complexity index is 258. The molecule has 0 saturated heterocycles. The Morgan fingerprint density at radius 2 is 2.25 bits per heavy atom. The Kier molecular flexibility index (Phi) is 2.57. The standard InChI is InChI=1S/C8H11BrN2O/c1-5(2)11-4-7(9)8(12)10-6(11)3/h4-5H,3H2,1-2H3,(H,10,12). The molecular weight excluding hydrogens is 220 g/mol. The molecule has 1 heterocycles. The van der Waals surface area contributed by atoms with Crippen LogP contribution >= 0.6 is 15.9 Å². The lowest BCUT2D eigenvalue weighted by Gasteiger charge is -2.30. The molecule has 0 aromatic heterocycles. The normalized spacial score (nSPS) is 18.0. The van der Waals surface area contributed by atoms with Crippen molar-refractivity contribution in [2.24, 2.45) is 0 Å². The fourth-order valence-corrected chi connectivity index (χ4v) is 1.29. The monoisotopic (exact) mass is 230 g/mol. The molecule has 1 N–H and O–H groups in total. The molecule has 0 fully saturated rings. The third-order valence-corrected chi connectivity index (χ3v) is 2.16. The second-order valence-electron chi connectivity index (χ2n) is 2.88. The van der Waals surface area contributed by atoms with Gasteiger partial charge in [-0.15, -0.1) is 0 Å². The maximum atomic E-state index is 11.1. The van der Waals surface area contributed by atoms with Gasteiger partial charge in [0, 0.05) is 12.2 Å². The van der Waals surface area contributed by atoms with Crippen LogP contribution in [0.25, 0.3) is 0 Å². The van der Waals surface area contributed by atoms with Crippen molar-refractivity contribution in [3.8, 4) is 0 Å². The van der Waals surface area contributed by atoms with Crippen molar-refractivity contribution >= 4 is 21.8 Å². The number of hydrogen-bond acceptors (Lipinski definition) is 2. The van der Waals surface area contributed by atoms with Crippen LogP contribution in [-0.4, -0.2) is 16.8 Å². The van der Waals surface area contributed by atoms with Gasteiger partial charge in [0.05, 0.1) is 4.48 Å². The summed E-state index contributed by atoms with van der Waals surface area (Å²) >= 11 is 3.16. The molecule has 4 heteroatoms. The summed E-state index contributed by atoms with van der Waals surface area (Å²) in [6.45, 7) is 7.78. The molecule has 1 rings (SSSR count). The van der Waals surface area contributed by atoms with Gasteiger partial charge in [0.2, 0.25) is 0 Å². The Morgan fingerprint density at radius 3 is 2.75 bits per heavy atom. The van der Waals surface area contributed by atoms with E-state index >= 15 is 0 Å². The highest BCUT2D eigenvalue weighted by molar-refractivity contribution is 9.12. The number of nitrogens with zero attached hydrogens (tertiary/aromatic N) is 1. The molecule has 0 aromatic carbocycles. The average Bonchev–Trinajstić information content (AvgIpc) is 1.96. The van der Waals surface area contributed by atoms with Crippen LogP contribution in [0.5, 0.6) is 0 Å². The SMILES string of the molecule is C=C1NC(=O)C(Br)=CN1C(C)C. The number of carbonyl (C=O) groups excluding carboxylic acids is 1. The molecule has 1 aliphatic heterocycles. The minimum Gasteiger partial charge on any atom is -0.331 e. The van der Waals surface area contributed by atoms with E-state index in [1.165, 1.54) is 0 Å². The minimum atomic E-state index is -0.142. The minimum absolute atomic E-state index is 0.142. The lowest BCUT2D eigenvalue weighted by Crippen LogP contribution is -2.39. The molecule has 66 valence electrons. The summed E-state index contributed by atoms with van der Waals surface area (Å²) in [4.78, 5) is 13.0. The van der Waals surface area contributed by atoms with Gasteiger partial charge in [-0.3, -0.25) is 4.79 Å². The Labute approximate surface area is 80.2 Å². The van der Waals surface area contributed by atoms with E-state index < -0.39 is 0 Å². The number of carbonyl (C=O) groups is 1. The molecule has 1 aliphatic rings. The number of amides is 1. The van der Waals surface area contributed by atoms with Crippen LogP contribution in [-0.2, 0) is 4.79 Å². The summed E-state index contributed by atoms with van der Waals surface area (Å²) in [5.41, 5.74) is 0. The molecular formula is C8H11BrN2O. The molecule has 0 saturated carbocycles. The van der Waals surface area contributed by atoms with E-state index in [1.807, 2.05) is 18.7 Å². The van der Waals surface area contributed by atoms with Gasteiger partial charge in [-0.25, -0.2) is 0 Å². The van der Waals surface area contributed by atoms with Crippen LogP contribution < -0.4 is 5.32 Å². The highest BCUT2D eigenvalue weighted by Gasteiger charge is 2.20. The Balaban J connectivity index is 2.90. The fourth-order valence-electron chi connectivity index (χ4n) is 0.975. The van der Waals surface area contributed by atoms with Crippen molar-refractivity contribution in [3.63, 3.8) is 0 Å². The van der Waals surface area contributed by atoms with E-state index in [2.05, 4.69) is 27.8 Å². The first-order valence-electron chi connectivity index (χ1n) is 3.68. The molecule has 0 atom stereocenters. The van der Waals surface area contributed by atoms with Crippen molar-refractivity contribution in [2.75, 3.05) is 0 Å². The van der Waals surface area contributed by atoms with Gasteiger partial charge in [0.15, 0.2) is 0 Å². The van der Waals surface area contributed by atoms with Crippen molar-refractivity contribution < 1.29 is 4.79 Å². The van der Waals surface area contributed by atoms with Gasteiger partial charge >= 0.3 is 0 Å². The fraction of sp³-hybridized carbons (Fsp3) is 0.375. The lowest BCUT2D eigenvalue weighted by atomic mass is 10.3.